The van der Waals surface area contributed by atoms with E-state index in [2.05, 4.69) is 0 Å². The Kier molecular flexibility index (Phi) is 5.92. The summed E-state index contributed by atoms with van der Waals surface area (Å²) < 4.78 is 65.1. The largest absolute Gasteiger partial charge is 0.370 e. The maximum Gasteiger partial charge on any atom is 0.297 e. The molecule has 3 rings (SSSR count). The van der Waals surface area contributed by atoms with Gasteiger partial charge in [0.15, 0.2) is 0 Å². The van der Waals surface area contributed by atoms with Crippen molar-refractivity contribution in [2.24, 2.45) is 0 Å². The second kappa shape index (κ2) is 7.92. The van der Waals surface area contributed by atoms with Gasteiger partial charge in [-0.25, -0.2) is 0 Å². The molecule has 0 radical (unpaired) electrons. The molecule has 0 saturated carbocycles. The fourth-order valence-electron chi connectivity index (χ4n) is 2.58. The Morgan fingerprint density at radius 1 is 0.786 bits per heavy atom. The van der Waals surface area contributed by atoms with Crippen molar-refractivity contribution < 1.29 is 29.9 Å². The molecule has 0 spiro atoms. The van der Waals surface area contributed by atoms with E-state index in [0.29, 0.717) is 13.0 Å². The number of ether oxygens (including phenoxy) is 1. The molecule has 1 heterocycles. The van der Waals surface area contributed by atoms with E-state index < -0.39 is 25.8 Å². The Balaban J connectivity index is 1.65. The second-order valence-electron chi connectivity index (χ2n) is 6.84. The first-order valence-corrected chi connectivity index (χ1v) is 11.5. The normalized spacial score (nSPS) is 16.5. The van der Waals surface area contributed by atoms with Gasteiger partial charge in [0.1, 0.15) is 5.60 Å². The molecule has 152 valence electrons. The molecule has 0 bridgehead atoms. The van der Waals surface area contributed by atoms with Crippen LogP contribution in [0.3, 0.4) is 0 Å². The highest BCUT2D eigenvalue weighted by atomic mass is 32.2. The molecule has 1 fully saturated rings. The highest BCUT2D eigenvalue weighted by Gasteiger charge is 2.42. The first kappa shape index (κ1) is 20.9. The van der Waals surface area contributed by atoms with Crippen LogP contribution in [0.25, 0.3) is 0 Å². The van der Waals surface area contributed by atoms with Gasteiger partial charge in [-0.2, -0.15) is 16.8 Å². The lowest BCUT2D eigenvalue weighted by Crippen LogP contribution is -2.52. The third-order valence-corrected chi connectivity index (χ3v) is 7.09. The molecule has 1 saturated heterocycles. The van der Waals surface area contributed by atoms with Gasteiger partial charge in [0.05, 0.1) is 29.6 Å². The van der Waals surface area contributed by atoms with Gasteiger partial charge in [0.25, 0.3) is 20.2 Å². The third-order valence-electron chi connectivity index (χ3n) is 4.54. The van der Waals surface area contributed by atoms with Crippen LogP contribution in [0.5, 0.6) is 0 Å². The van der Waals surface area contributed by atoms with Crippen LogP contribution in [0.2, 0.25) is 0 Å². The molecule has 2 aromatic carbocycles. The third kappa shape index (κ3) is 4.79. The van der Waals surface area contributed by atoms with Gasteiger partial charge in [-0.1, -0.05) is 35.4 Å². The standard InChI is InChI=1S/C19H22O7S2/c1-15-3-7-17(8-4-15)27(20,21)25-13-19(11-12-24-19)14-26-28(22,23)18-9-5-16(2)6-10-18/h3-10H,11-14H2,1-2H3. The van der Waals surface area contributed by atoms with E-state index in [1.165, 1.54) is 24.3 Å². The minimum absolute atomic E-state index is 0.0285. The molecular weight excluding hydrogens is 404 g/mol. The van der Waals surface area contributed by atoms with Crippen LogP contribution in [-0.4, -0.2) is 42.3 Å². The van der Waals surface area contributed by atoms with Crippen LogP contribution in [0, 0.1) is 13.8 Å². The molecule has 1 aliphatic heterocycles. The Bertz CT molecular complexity index is 939. The number of hydrogen-bond acceptors (Lipinski definition) is 7. The van der Waals surface area contributed by atoms with Crippen LogP contribution in [0.4, 0.5) is 0 Å². The van der Waals surface area contributed by atoms with Gasteiger partial charge in [-0.3, -0.25) is 8.37 Å². The number of aryl methyl sites for hydroxylation is 2. The number of hydrogen-bond donors (Lipinski definition) is 0. The van der Waals surface area contributed by atoms with Crippen molar-refractivity contribution in [1.82, 2.24) is 0 Å². The van der Waals surface area contributed by atoms with E-state index >= 15 is 0 Å². The molecule has 0 aliphatic carbocycles. The van der Waals surface area contributed by atoms with E-state index in [9.17, 15) is 16.8 Å². The average molecular weight is 427 g/mol. The van der Waals surface area contributed by atoms with E-state index in [1.807, 2.05) is 13.8 Å². The summed E-state index contributed by atoms with van der Waals surface area (Å²) in [6.07, 6.45) is 0.430. The van der Waals surface area contributed by atoms with Crippen molar-refractivity contribution in [2.45, 2.75) is 35.7 Å². The summed E-state index contributed by atoms with van der Waals surface area (Å²) in [5, 5.41) is 0. The summed E-state index contributed by atoms with van der Waals surface area (Å²) in [7, 11) is -7.96. The lowest BCUT2D eigenvalue weighted by atomic mass is 9.97. The molecule has 0 N–H and O–H groups in total. The summed E-state index contributed by atoms with van der Waals surface area (Å²) in [5.74, 6) is 0. The van der Waals surface area contributed by atoms with E-state index in [1.54, 1.807) is 24.3 Å². The SMILES string of the molecule is Cc1ccc(S(=O)(=O)OCC2(COS(=O)(=O)c3ccc(C)cc3)CCO2)cc1. The molecule has 0 atom stereocenters. The molecule has 9 heteroatoms. The van der Waals surface area contributed by atoms with Gasteiger partial charge < -0.3 is 4.74 Å². The van der Waals surface area contributed by atoms with Crippen LogP contribution >= 0.6 is 0 Å². The highest BCUT2D eigenvalue weighted by molar-refractivity contribution is 7.87. The quantitative estimate of drug-likeness (QED) is 0.599. The van der Waals surface area contributed by atoms with E-state index in [-0.39, 0.29) is 23.0 Å². The molecule has 1 aliphatic rings. The van der Waals surface area contributed by atoms with Gasteiger partial charge >= 0.3 is 0 Å². The Hall–Kier alpha value is -1.78. The zero-order valence-corrected chi connectivity index (χ0v) is 17.3. The maximum atomic E-state index is 12.3. The minimum Gasteiger partial charge on any atom is -0.370 e. The van der Waals surface area contributed by atoms with Crippen molar-refractivity contribution in [2.75, 3.05) is 19.8 Å². The fraction of sp³-hybridized carbons (Fsp3) is 0.368. The van der Waals surface area contributed by atoms with Crippen molar-refractivity contribution in [1.29, 1.82) is 0 Å². The van der Waals surface area contributed by atoms with Crippen molar-refractivity contribution in [3.63, 3.8) is 0 Å². The lowest BCUT2D eigenvalue weighted by Gasteiger charge is -2.40. The van der Waals surface area contributed by atoms with Crippen molar-refractivity contribution in [3.8, 4) is 0 Å². The van der Waals surface area contributed by atoms with Crippen LogP contribution in [-0.2, 0) is 33.3 Å². The van der Waals surface area contributed by atoms with E-state index in [4.69, 9.17) is 13.1 Å². The van der Waals surface area contributed by atoms with Gasteiger partial charge in [0.2, 0.25) is 0 Å². The zero-order valence-electron chi connectivity index (χ0n) is 15.6. The second-order valence-corrected chi connectivity index (χ2v) is 10.1. The lowest BCUT2D eigenvalue weighted by molar-refractivity contribution is -0.180. The zero-order chi connectivity index (χ0) is 20.4. The van der Waals surface area contributed by atoms with Gasteiger partial charge in [-0.15, -0.1) is 0 Å². The summed E-state index contributed by atoms with van der Waals surface area (Å²) in [6.45, 7) is 3.42. The van der Waals surface area contributed by atoms with E-state index in [0.717, 1.165) is 11.1 Å². The molecule has 0 unspecified atom stereocenters. The summed E-state index contributed by atoms with van der Waals surface area (Å²) in [6, 6.07) is 12.5. The predicted octanol–water partition coefficient (Wildman–Crippen LogP) is 2.57. The predicted molar refractivity (Wildman–Crippen MR) is 102 cm³/mol. The molecule has 7 nitrogen and oxygen atoms in total. The monoisotopic (exact) mass is 426 g/mol. The first-order valence-electron chi connectivity index (χ1n) is 8.68. The van der Waals surface area contributed by atoms with Crippen LogP contribution in [0.15, 0.2) is 58.3 Å². The van der Waals surface area contributed by atoms with Gasteiger partial charge in [-0.05, 0) is 38.1 Å². The van der Waals surface area contributed by atoms with Crippen molar-refractivity contribution in [3.05, 3.63) is 59.7 Å². The smallest absolute Gasteiger partial charge is 0.297 e. The molecule has 0 amide bonds. The van der Waals surface area contributed by atoms with Crippen LogP contribution in [0.1, 0.15) is 17.5 Å². The summed E-state index contributed by atoms with van der Waals surface area (Å²) in [5.41, 5.74) is 0.732. The first-order chi connectivity index (χ1) is 13.1. The number of rotatable bonds is 8. The summed E-state index contributed by atoms with van der Waals surface area (Å²) in [4.78, 5) is 0.0570. The molecule has 28 heavy (non-hydrogen) atoms. The number of benzene rings is 2. The molecular formula is C19H22O7S2. The Labute approximate surface area is 165 Å². The average Bonchev–Trinajstić information content (AvgIpc) is 2.61. The van der Waals surface area contributed by atoms with Crippen LogP contribution < -0.4 is 0 Å². The molecule has 0 aromatic heterocycles. The van der Waals surface area contributed by atoms with Crippen molar-refractivity contribution >= 4 is 20.2 Å². The minimum atomic E-state index is -3.98. The maximum absolute atomic E-state index is 12.3. The summed E-state index contributed by atoms with van der Waals surface area (Å²) >= 11 is 0. The topological polar surface area (TPSA) is 96.0 Å². The van der Waals surface area contributed by atoms with Gasteiger partial charge in [0, 0.05) is 6.42 Å². The highest BCUT2D eigenvalue weighted by Crippen LogP contribution is 2.30. The fourth-order valence-corrected chi connectivity index (χ4v) is 4.53. The Morgan fingerprint density at radius 3 is 1.43 bits per heavy atom. The Morgan fingerprint density at radius 2 is 1.14 bits per heavy atom. The molecule has 2 aromatic rings.